The second kappa shape index (κ2) is 6.02. The van der Waals surface area contributed by atoms with Crippen molar-refractivity contribution in [3.8, 4) is 5.75 Å². The normalized spacial score (nSPS) is 12.4. The van der Waals surface area contributed by atoms with Crippen LogP contribution in [0, 0.1) is 5.92 Å². The summed E-state index contributed by atoms with van der Waals surface area (Å²) in [6.45, 7) is 4.02. The summed E-state index contributed by atoms with van der Waals surface area (Å²) in [5.74, 6) is 0.854. The number of hydrogen-bond acceptors (Lipinski definition) is 4. The summed E-state index contributed by atoms with van der Waals surface area (Å²) >= 11 is 1.47. The molecule has 1 atom stereocenters. The van der Waals surface area contributed by atoms with Crippen LogP contribution in [0.5, 0.6) is 5.75 Å². The van der Waals surface area contributed by atoms with Crippen molar-refractivity contribution in [3.05, 3.63) is 18.2 Å². The van der Waals surface area contributed by atoms with Gasteiger partial charge in [0.05, 0.1) is 17.3 Å². The van der Waals surface area contributed by atoms with Gasteiger partial charge in [0, 0.05) is 5.92 Å². The average molecular weight is 278 g/mol. The molecule has 1 aromatic carbocycles. The minimum atomic E-state index is 0.0200. The van der Waals surface area contributed by atoms with E-state index in [1.165, 1.54) is 11.3 Å². The second-order valence-electron chi connectivity index (χ2n) is 4.53. The molecule has 1 heterocycles. The number of thiazole rings is 1. The van der Waals surface area contributed by atoms with E-state index in [4.69, 9.17) is 4.74 Å². The number of aromatic nitrogens is 1. The largest absolute Gasteiger partial charge is 0.497 e. The fraction of sp³-hybridized carbons (Fsp3) is 0.429. The molecule has 0 bridgehead atoms. The maximum atomic E-state index is 11.9. The number of rotatable bonds is 5. The standard InChI is InChI=1S/C14H18N2O2S/c1-4-5-9(2)13(17)16-14-15-11-7-6-10(18-3)8-12(11)19-14/h6-9H,4-5H2,1-3H3,(H,15,16,17)/t9-/m1/s1. The number of benzene rings is 1. The monoisotopic (exact) mass is 278 g/mol. The Labute approximate surface area is 116 Å². The molecule has 0 spiro atoms. The lowest BCUT2D eigenvalue weighted by molar-refractivity contribution is -0.119. The number of anilines is 1. The van der Waals surface area contributed by atoms with Crippen molar-refractivity contribution in [1.82, 2.24) is 4.98 Å². The van der Waals surface area contributed by atoms with E-state index in [0.717, 1.165) is 28.8 Å². The van der Waals surface area contributed by atoms with Crippen molar-refractivity contribution in [2.24, 2.45) is 5.92 Å². The molecule has 0 fully saturated rings. The SMILES string of the molecule is CCC[C@@H](C)C(=O)Nc1nc2ccc(OC)cc2s1. The number of fused-ring (bicyclic) bond motifs is 1. The van der Waals surface area contributed by atoms with Crippen LogP contribution in [0.25, 0.3) is 10.2 Å². The van der Waals surface area contributed by atoms with Gasteiger partial charge in [-0.2, -0.15) is 0 Å². The fourth-order valence-corrected chi connectivity index (χ4v) is 2.78. The van der Waals surface area contributed by atoms with Crippen LogP contribution in [-0.4, -0.2) is 18.0 Å². The first-order valence-electron chi connectivity index (χ1n) is 6.39. The highest BCUT2D eigenvalue weighted by molar-refractivity contribution is 7.22. The zero-order valence-electron chi connectivity index (χ0n) is 11.4. The molecular formula is C14H18N2O2S. The van der Waals surface area contributed by atoms with Gasteiger partial charge in [0.15, 0.2) is 5.13 Å². The molecule has 4 nitrogen and oxygen atoms in total. The maximum absolute atomic E-state index is 11.9. The summed E-state index contributed by atoms with van der Waals surface area (Å²) in [5, 5.41) is 3.53. The lowest BCUT2D eigenvalue weighted by atomic mass is 10.1. The van der Waals surface area contributed by atoms with Crippen LogP contribution < -0.4 is 10.1 Å². The van der Waals surface area contributed by atoms with E-state index in [-0.39, 0.29) is 11.8 Å². The van der Waals surface area contributed by atoms with E-state index in [0.29, 0.717) is 5.13 Å². The molecule has 0 aliphatic heterocycles. The molecule has 1 amide bonds. The molecule has 0 unspecified atom stereocenters. The highest BCUT2D eigenvalue weighted by atomic mass is 32.1. The van der Waals surface area contributed by atoms with Gasteiger partial charge in [0.2, 0.25) is 5.91 Å². The lowest BCUT2D eigenvalue weighted by Gasteiger charge is -2.08. The molecule has 1 aromatic heterocycles. The Bertz CT molecular complexity index is 580. The molecule has 5 heteroatoms. The summed E-state index contributed by atoms with van der Waals surface area (Å²) in [6, 6.07) is 5.70. The molecule has 0 saturated carbocycles. The van der Waals surface area contributed by atoms with Gasteiger partial charge in [0.1, 0.15) is 5.75 Å². The highest BCUT2D eigenvalue weighted by Gasteiger charge is 2.14. The van der Waals surface area contributed by atoms with E-state index in [1.54, 1.807) is 7.11 Å². The predicted molar refractivity (Wildman–Crippen MR) is 78.9 cm³/mol. The third-order valence-corrected chi connectivity index (χ3v) is 3.93. The van der Waals surface area contributed by atoms with E-state index in [2.05, 4.69) is 17.2 Å². The summed E-state index contributed by atoms with van der Waals surface area (Å²) in [7, 11) is 1.64. The molecular weight excluding hydrogens is 260 g/mol. The first kappa shape index (κ1) is 13.8. The number of carbonyl (C=O) groups is 1. The molecule has 0 aliphatic rings. The predicted octanol–water partition coefficient (Wildman–Crippen LogP) is 3.68. The Morgan fingerprint density at radius 1 is 1.53 bits per heavy atom. The molecule has 0 saturated heterocycles. The Morgan fingerprint density at radius 3 is 3.00 bits per heavy atom. The Hall–Kier alpha value is -1.62. The van der Waals surface area contributed by atoms with Crippen molar-refractivity contribution >= 4 is 32.6 Å². The summed E-state index contributed by atoms with van der Waals surface area (Å²) in [6.07, 6.45) is 1.90. The third-order valence-electron chi connectivity index (χ3n) is 3.00. The van der Waals surface area contributed by atoms with E-state index in [1.807, 2.05) is 25.1 Å². The number of hydrogen-bond donors (Lipinski definition) is 1. The van der Waals surface area contributed by atoms with Gasteiger partial charge >= 0.3 is 0 Å². The Balaban J connectivity index is 2.15. The lowest BCUT2D eigenvalue weighted by Crippen LogP contribution is -2.19. The van der Waals surface area contributed by atoms with E-state index in [9.17, 15) is 4.79 Å². The number of nitrogens with one attached hydrogen (secondary N) is 1. The van der Waals surface area contributed by atoms with Gasteiger partial charge < -0.3 is 10.1 Å². The molecule has 19 heavy (non-hydrogen) atoms. The summed E-state index contributed by atoms with van der Waals surface area (Å²) in [5.41, 5.74) is 0.879. The van der Waals surface area contributed by atoms with Crippen LogP contribution in [0.4, 0.5) is 5.13 Å². The molecule has 2 aromatic rings. The fourth-order valence-electron chi connectivity index (χ4n) is 1.88. The zero-order valence-corrected chi connectivity index (χ0v) is 12.2. The van der Waals surface area contributed by atoms with Gasteiger partial charge in [-0.05, 0) is 24.6 Å². The topological polar surface area (TPSA) is 51.2 Å². The van der Waals surface area contributed by atoms with Crippen LogP contribution in [0.15, 0.2) is 18.2 Å². The molecule has 1 N–H and O–H groups in total. The van der Waals surface area contributed by atoms with Crippen molar-refractivity contribution in [1.29, 1.82) is 0 Å². The van der Waals surface area contributed by atoms with Crippen molar-refractivity contribution in [2.75, 3.05) is 12.4 Å². The minimum Gasteiger partial charge on any atom is -0.497 e. The number of carbonyl (C=O) groups excluding carboxylic acids is 1. The van der Waals surface area contributed by atoms with Gasteiger partial charge in [-0.25, -0.2) is 4.98 Å². The van der Waals surface area contributed by atoms with Crippen molar-refractivity contribution < 1.29 is 9.53 Å². The quantitative estimate of drug-likeness (QED) is 0.907. The maximum Gasteiger partial charge on any atom is 0.228 e. The molecule has 0 aliphatic carbocycles. The van der Waals surface area contributed by atoms with E-state index < -0.39 is 0 Å². The van der Waals surface area contributed by atoms with Gasteiger partial charge in [-0.15, -0.1) is 0 Å². The highest BCUT2D eigenvalue weighted by Crippen LogP contribution is 2.29. The van der Waals surface area contributed by atoms with Crippen molar-refractivity contribution in [3.63, 3.8) is 0 Å². The number of ether oxygens (including phenoxy) is 1. The Kier molecular flexibility index (Phi) is 4.37. The Morgan fingerprint density at radius 2 is 2.32 bits per heavy atom. The third kappa shape index (κ3) is 3.23. The van der Waals surface area contributed by atoms with Crippen LogP contribution in [0.1, 0.15) is 26.7 Å². The van der Waals surface area contributed by atoms with Gasteiger partial charge in [0.25, 0.3) is 0 Å². The first-order valence-corrected chi connectivity index (χ1v) is 7.21. The number of amides is 1. The van der Waals surface area contributed by atoms with Gasteiger partial charge in [-0.3, -0.25) is 4.79 Å². The minimum absolute atomic E-state index is 0.0200. The molecule has 102 valence electrons. The number of nitrogens with zero attached hydrogens (tertiary/aromatic N) is 1. The van der Waals surface area contributed by atoms with Crippen LogP contribution in [0.2, 0.25) is 0 Å². The molecule has 0 radical (unpaired) electrons. The van der Waals surface area contributed by atoms with Gasteiger partial charge in [-0.1, -0.05) is 31.6 Å². The number of methoxy groups -OCH3 is 1. The van der Waals surface area contributed by atoms with E-state index >= 15 is 0 Å². The van der Waals surface area contributed by atoms with Crippen LogP contribution >= 0.6 is 11.3 Å². The zero-order chi connectivity index (χ0) is 13.8. The second-order valence-corrected chi connectivity index (χ2v) is 5.56. The molecule has 2 rings (SSSR count). The first-order chi connectivity index (χ1) is 9.13. The van der Waals surface area contributed by atoms with Crippen molar-refractivity contribution in [2.45, 2.75) is 26.7 Å². The smallest absolute Gasteiger partial charge is 0.228 e. The van der Waals surface area contributed by atoms with Crippen LogP contribution in [0.3, 0.4) is 0 Å². The van der Waals surface area contributed by atoms with Crippen LogP contribution in [-0.2, 0) is 4.79 Å². The summed E-state index contributed by atoms with van der Waals surface area (Å²) < 4.78 is 6.19. The summed E-state index contributed by atoms with van der Waals surface area (Å²) in [4.78, 5) is 16.3. The average Bonchev–Trinajstić information content (AvgIpc) is 2.79.